The van der Waals surface area contributed by atoms with E-state index >= 15 is 0 Å². The summed E-state index contributed by atoms with van der Waals surface area (Å²) in [7, 11) is 0. The summed E-state index contributed by atoms with van der Waals surface area (Å²) < 4.78 is 0. The van der Waals surface area contributed by atoms with Crippen LogP contribution in [0.5, 0.6) is 0 Å². The van der Waals surface area contributed by atoms with Gasteiger partial charge in [0.15, 0.2) is 0 Å². The van der Waals surface area contributed by atoms with Crippen molar-refractivity contribution in [2.45, 2.75) is 5.41 Å². The number of nitrogens with zero attached hydrogens (tertiary/aromatic N) is 2. The molecule has 0 fully saturated rings. The van der Waals surface area contributed by atoms with Gasteiger partial charge in [0.25, 0.3) is 0 Å². The molecule has 0 unspecified atom stereocenters. The normalized spacial score (nSPS) is 12.9. The fourth-order valence-corrected chi connectivity index (χ4v) is 11.7. The molecule has 1 aliphatic rings. The lowest BCUT2D eigenvalue weighted by atomic mass is 9.66. The van der Waals surface area contributed by atoms with Gasteiger partial charge in [0.1, 0.15) is 0 Å². The van der Waals surface area contributed by atoms with Crippen molar-refractivity contribution in [1.82, 2.24) is 9.97 Å². The van der Waals surface area contributed by atoms with E-state index in [-0.39, 0.29) is 0 Å². The van der Waals surface area contributed by atoms with E-state index in [1.807, 2.05) is 6.07 Å². The first-order valence-electron chi connectivity index (χ1n) is 23.2. The van der Waals surface area contributed by atoms with Crippen LogP contribution in [0.2, 0.25) is 0 Å². The first-order valence-corrected chi connectivity index (χ1v) is 23.2. The van der Waals surface area contributed by atoms with E-state index in [2.05, 4.69) is 237 Å². The maximum atomic E-state index is 5.55. The van der Waals surface area contributed by atoms with Gasteiger partial charge in [-0.2, -0.15) is 0 Å². The number of rotatable bonds is 5. The molecular formula is C65H40N2. The van der Waals surface area contributed by atoms with Gasteiger partial charge in [0.2, 0.25) is 0 Å². The van der Waals surface area contributed by atoms with E-state index in [1.54, 1.807) is 0 Å². The number of pyridine rings is 2. The second-order valence-electron chi connectivity index (χ2n) is 17.9. The van der Waals surface area contributed by atoms with Crippen LogP contribution in [-0.4, -0.2) is 9.97 Å². The minimum Gasteiger partial charge on any atom is -0.245 e. The quantitative estimate of drug-likeness (QED) is 0.127. The highest BCUT2D eigenvalue weighted by Crippen LogP contribution is 2.59. The average Bonchev–Trinajstić information content (AvgIpc) is 3.71. The zero-order chi connectivity index (χ0) is 44.1. The van der Waals surface area contributed by atoms with Gasteiger partial charge in [-0.1, -0.05) is 224 Å². The van der Waals surface area contributed by atoms with Crippen molar-refractivity contribution in [1.29, 1.82) is 0 Å². The highest BCUT2D eigenvalue weighted by atomic mass is 14.8. The number of hydrogen-bond donors (Lipinski definition) is 0. The lowest BCUT2D eigenvalue weighted by molar-refractivity contribution is 0.776. The summed E-state index contributed by atoms with van der Waals surface area (Å²) in [4.78, 5) is 10.8. The molecule has 11 aromatic carbocycles. The largest absolute Gasteiger partial charge is 0.245 e. The third-order valence-corrected chi connectivity index (χ3v) is 14.5. The molecule has 2 aromatic heterocycles. The van der Waals surface area contributed by atoms with Gasteiger partial charge < -0.3 is 0 Å². The summed E-state index contributed by atoms with van der Waals surface area (Å²) in [5, 5.41) is 11.9. The first kappa shape index (κ1) is 37.6. The molecule has 0 radical (unpaired) electrons. The topological polar surface area (TPSA) is 25.8 Å². The SMILES string of the molecule is c1ccc(-c2ccc3ccc4ccc(-c5c6ccccc6c(-c6cc7ccc8c(c7c7ccccc67)C(c6ccccc6)(c6ccccc6)c6ccccc6-8)c6ccccc56)nc4c3n2)cc1. The molecule has 0 spiro atoms. The molecule has 0 bridgehead atoms. The number of benzene rings is 11. The van der Waals surface area contributed by atoms with E-state index in [1.165, 1.54) is 87.6 Å². The fraction of sp³-hybridized carbons (Fsp3) is 0.0154. The lowest BCUT2D eigenvalue weighted by Crippen LogP contribution is -2.28. The van der Waals surface area contributed by atoms with Crippen LogP contribution < -0.4 is 0 Å². The second kappa shape index (κ2) is 14.7. The van der Waals surface area contributed by atoms with Crippen molar-refractivity contribution >= 4 is 64.9 Å². The van der Waals surface area contributed by atoms with Crippen molar-refractivity contribution in [3.8, 4) is 44.8 Å². The molecule has 67 heavy (non-hydrogen) atoms. The predicted octanol–water partition coefficient (Wildman–Crippen LogP) is 16.8. The highest BCUT2D eigenvalue weighted by molar-refractivity contribution is 6.27. The molecule has 0 atom stereocenters. The number of hydrogen-bond acceptors (Lipinski definition) is 2. The van der Waals surface area contributed by atoms with Crippen molar-refractivity contribution in [3.05, 3.63) is 265 Å². The number of aromatic nitrogens is 2. The van der Waals surface area contributed by atoms with Gasteiger partial charge in [0, 0.05) is 21.9 Å². The highest BCUT2D eigenvalue weighted by Gasteiger charge is 2.47. The minimum atomic E-state index is -0.532. The first-order chi connectivity index (χ1) is 33.3. The van der Waals surface area contributed by atoms with Gasteiger partial charge in [-0.05, 0) is 106 Å². The summed E-state index contributed by atoms with van der Waals surface area (Å²) >= 11 is 0. The maximum absolute atomic E-state index is 5.55. The molecular weight excluding hydrogens is 809 g/mol. The van der Waals surface area contributed by atoms with Crippen LogP contribution in [0.3, 0.4) is 0 Å². The molecule has 0 N–H and O–H groups in total. The predicted molar refractivity (Wildman–Crippen MR) is 281 cm³/mol. The Morgan fingerprint density at radius 2 is 0.761 bits per heavy atom. The Bertz CT molecular complexity index is 4040. The van der Waals surface area contributed by atoms with Crippen molar-refractivity contribution in [3.63, 3.8) is 0 Å². The van der Waals surface area contributed by atoms with Crippen LogP contribution in [0.25, 0.3) is 110 Å². The van der Waals surface area contributed by atoms with Crippen LogP contribution >= 0.6 is 0 Å². The van der Waals surface area contributed by atoms with Gasteiger partial charge in [-0.25, -0.2) is 9.97 Å². The van der Waals surface area contributed by atoms with E-state index in [0.29, 0.717) is 0 Å². The van der Waals surface area contributed by atoms with Crippen molar-refractivity contribution < 1.29 is 0 Å². The molecule has 0 amide bonds. The fourth-order valence-electron chi connectivity index (χ4n) is 11.7. The Labute approximate surface area is 388 Å². The van der Waals surface area contributed by atoms with E-state index in [4.69, 9.17) is 9.97 Å². The molecule has 0 saturated heterocycles. The summed E-state index contributed by atoms with van der Waals surface area (Å²) in [6.07, 6.45) is 0. The van der Waals surface area contributed by atoms with E-state index in [0.717, 1.165) is 44.3 Å². The summed E-state index contributed by atoms with van der Waals surface area (Å²) in [6.45, 7) is 0. The average molecular weight is 849 g/mol. The molecule has 310 valence electrons. The van der Waals surface area contributed by atoms with Gasteiger partial charge in [-0.15, -0.1) is 0 Å². The third-order valence-electron chi connectivity index (χ3n) is 14.5. The summed E-state index contributed by atoms with van der Waals surface area (Å²) in [5.41, 5.74) is 15.6. The smallest absolute Gasteiger partial charge is 0.0972 e. The second-order valence-corrected chi connectivity index (χ2v) is 17.9. The van der Waals surface area contributed by atoms with Crippen molar-refractivity contribution in [2.75, 3.05) is 0 Å². The van der Waals surface area contributed by atoms with Crippen LogP contribution in [-0.2, 0) is 5.41 Å². The van der Waals surface area contributed by atoms with E-state index < -0.39 is 5.41 Å². The van der Waals surface area contributed by atoms with Gasteiger partial charge >= 0.3 is 0 Å². The Morgan fingerprint density at radius 3 is 1.39 bits per heavy atom. The molecule has 14 rings (SSSR count). The Balaban J connectivity index is 1.05. The molecule has 2 nitrogen and oxygen atoms in total. The van der Waals surface area contributed by atoms with Crippen molar-refractivity contribution in [2.24, 2.45) is 0 Å². The minimum absolute atomic E-state index is 0.532. The van der Waals surface area contributed by atoms with Crippen LogP contribution in [0.4, 0.5) is 0 Å². The maximum Gasteiger partial charge on any atom is 0.0972 e. The van der Waals surface area contributed by atoms with E-state index in [9.17, 15) is 0 Å². The Morgan fingerprint density at radius 1 is 0.299 bits per heavy atom. The van der Waals surface area contributed by atoms with Crippen LogP contribution in [0, 0.1) is 0 Å². The Hall–Kier alpha value is -8.72. The third kappa shape index (κ3) is 5.45. The molecule has 2 heterocycles. The lowest BCUT2D eigenvalue weighted by Gasteiger charge is -2.35. The van der Waals surface area contributed by atoms with Crippen LogP contribution in [0.1, 0.15) is 22.3 Å². The van der Waals surface area contributed by atoms with Gasteiger partial charge in [-0.3, -0.25) is 0 Å². The zero-order valence-corrected chi connectivity index (χ0v) is 36.5. The molecule has 1 aliphatic carbocycles. The number of fused-ring (bicyclic) bond motifs is 12. The molecule has 2 heteroatoms. The molecule has 0 aliphatic heterocycles. The Kier molecular flexibility index (Phi) is 8.23. The molecule has 0 saturated carbocycles. The zero-order valence-electron chi connectivity index (χ0n) is 36.5. The monoisotopic (exact) mass is 848 g/mol. The van der Waals surface area contributed by atoms with Gasteiger partial charge in [0.05, 0.1) is 27.8 Å². The summed E-state index contributed by atoms with van der Waals surface area (Å²) in [6, 6.07) is 89.0. The van der Waals surface area contributed by atoms with Crippen LogP contribution in [0.15, 0.2) is 243 Å². The summed E-state index contributed by atoms with van der Waals surface area (Å²) in [5.74, 6) is 0. The molecule has 13 aromatic rings. The standard InChI is InChI=1S/C65H40N2/c1-4-18-41(19-5-1)57-38-35-42-32-33-43-36-39-58(67-64(43)63(42)66-57)61-52-29-14-12-27-50(52)60(51-28-13-15-30-53(51)61)55-40-44-34-37-54-48-25-16-17-31-56(48)65(45-20-6-2-7-21-45,46-22-8-3-9-23-46)62(54)59(44)49-26-11-10-24-47(49)55/h1-40H.